The first-order chi connectivity index (χ1) is 5.94. The second kappa shape index (κ2) is 3.68. The molecule has 4 heteroatoms. The van der Waals surface area contributed by atoms with Crippen LogP contribution in [-0.4, -0.2) is 9.78 Å². The summed E-state index contributed by atoms with van der Waals surface area (Å²) in [6.45, 7) is 7.70. The highest BCUT2D eigenvalue weighted by molar-refractivity contribution is 6.30. The zero-order chi connectivity index (χ0) is 10.1. The van der Waals surface area contributed by atoms with Crippen LogP contribution in [0, 0.1) is 5.41 Å². The SMILES string of the molecule is CC(C)(C)Cn1ncc(CN)c1Cl. The molecule has 3 nitrogen and oxygen atoms in total. The quantitative estimate of drug-likeness (QED) is 0.796. The van der Waals surface area contributed by atoms with Crippen molar-refractivity contribution in [2.24, 2.45) is 11.1 Å². The molecule has 2 N–H and O–H groups in total. The normalized spacial score (nSPS) is 12.1. The number of aromatic nitrogens is 2. The summed E-state index contributed by atoms with van der Waals surface area (Å²) in [5, 5.41) is 4.84. The van der Waals surface area contributed by atoms with Crippen LogP contribution < -0.4 is 5.73 Å². The lowest BCUT2D eigenvalue weighted by atomic mass is 9.97. The summed E-state index contributed by atoms with van der Waals surface area (Å²) in [4.78, 5) is 0. The molecule has 0 aliphatic rings. The first kappa shape index (κ1) is 10.5. The lowest BCUT2D eigenvalue weighted by Gasteiger charge is -2.18. The molecule has 0 fully saturated rings. The van der Waals surface area contributed by atoms with E-state index in [0.717, 1.165) is 12.1 Å². The largest absolute Gasteiger partial charge is 0.326 e. The Labute approximate surface area is 83.9 Å². The molecule has 0 aliphatic heterocycles. The third kappa shape index (κ3) is 2.71. The predicted molar refractivity (Wildman–Crippen MR) is 54.6 cm³/mol. The summed E-state index contributed by atoms with van der Waals surface area (Å²) in [6.07, 6.45) is 1.73. The van der Waals surface area contributed by atoms with Gasteiger partial charge in [0.15, 0.2) is 0 Å². The van der Waals surface area contributed by atoms with Crippen molar-refractivity contribution in [2.45, 2.75) is 33.9 Å². The van der Waals surface area contributed by atoms with E-state index in [4.69, 9.17) is 17.3 Å². The number of rotatable bonds is 2. The van der Waals surface area contributed by atoms with Crippen molar-refractivity contribution in [2.75, 3.05) is 0 Å². The van der Waals surface area contributed by atoms with Gasteiger partial charge in [-0.25, -0.2) is 0 Å². The van der Waals surface area contributed by atoms with Crippen molar-refractivity contribution in [3.63, 3.8) is 0 Å². The fourth-order valence-corrected chi connectivity index (χ4v) is 1.33. The molecule has 0 saturated carbocycles. The van der Waals surface area contributed by atoms with Crippen LogP contribution in [0.25, 0.3) is 0 Å². The molecule has 74 valence electrons. The summed E-state index contributed by atoms with van der Waals surface area (Å²) in [5.74, 6) is 0. The van der Waals surface area contributed by atoms with Crippen molar-refractivity contribution < 1.29 is 0 Å². The Bertz CT molecular complexity index is 286. The van der Waals surface area contributed by atoms with Gasteiger partial charge in [0.2, 0.25) is 0 Å². The molecule has 0 atom stereocenters. The third-order valence-corrected chi connectivity index (χ3v) is 2.13. The third-order valence-electron chi connectivity index (χ3n) is 1.69. The standard InChI is InChI=1S/C9H16ClN3/c1-9(2,3)6-13-8(10)7(4-11)5-12-13/h5H,4,6,11H2,1-3H3. The number of hydrogen-bond donors (Lipinski definition) is 1. The average Bonchev–Trinajstić information content (AvgIpc) is 2.30. The molecule has 1 rings (SSSR count). The van der Waals surface area contributed by atoms with Crippen LogP contribution in [0.4, 0.5) is 0 Å². The van der Waals surface area contributed by atoms with Gasteiger partial charge in [0.25, 0.3) is 0 Å². The highest BCUT2D eigenvalue weighted by atomic mass is 35.5. The minimum Gasteiger partial charge on any atom is -0.326 e. The van der Waals surface area contributed by atoms with Crippen LogP contribution >= 0.6 is 11.6 Å². The van der Waals surface area contributed by atoms with E-state index in [1.54, 1.807) is 10.9 Å². The molecular weight excluding hydrogens is 186 g/mol. The summed E-state index contributed by atoms with van der Waals surface area (Å²) in [6, 6.07) is 0. The van der Waals surface area contributed by atoms with Crippen LogP contribution in [0.15, 0.2) is 6.20 Å². The van der Waals surface area contributed by atoms with E-state index in [0.29, 0.717) is 11.7 Å². The second-order valence-corrected chi connectivity index (χ2v) is 4.74. The highest BCUT2D eigenvalue weighted by Crippen LogP contribution is 2.21. The first-order valence-electron chi connectivity index (χ1n) is 4.34. The molecule has 1 aromatic rings. The topological polar surface area (TPSA) is 43.8 Å². The zero-order valence-electron chi connectivity index (χ0n) is 8.34. The van der Waals surface area contributed by atoms with Crippen LogP contribution in [-0.2, 0) is 13.1 Å². The first-order valence-corrected chi connectivity index (χ1v) is 4.72. The van der Waals surface area contributed by atoms with Crippen LogP contribution in [0.3, 0.4) is 0 Å². The Hall–Kier alpha value is -0.540. The molecule has 13 heavy (non-hydrogen) atoms. The Morgan fingerprint density at radius 1 is 1.54 bits per heavy atom. The van der Waals surface area contributed by atoms with Gasteiger partial charge < -0.3 is 5.73 Å². The summed E-state index contributed by atoms with van der Waals surface area (Å²) in [7, 11) is 0. The maximum Gasteiger partial charge on any atom is 0.131 e. The smallest absolute Gasteiger partial charge is 0.131 e. The maximum absolute atomic E-state index is 6.05. The van der Waals surface area contributed by atoms with Gasteiger partial charge in [-0.1, -0.05) is 32.4 Å². The fraction of sp³-hybridized carbons (Fsp3) is 0.667. The molecule has 0 spiro atoms. The summed E-state index contributed by atoms with van der Waals surface area (Å²) >= 11 is 6.05. The van der Waals surface area contributed by atoms with Crippen LogP contribution in [0.5, 0.6) is 0 Å². The van der Waals surface area contributed by atoms with E-state index in [9.17, 15) is 0 Å². The molecule has 0 radical (unpaired) electrons. The Morgan fingerprint density at radius 3 is 2.54 bits per heavy atom. The number of nitrogens with zero attached hydrogens (tertiary/aromatic N) is 2. The lowest BCUT2D eigenvalue weighted by Crippen LogP contribution is -2.16. The molecule has 1 aromatic heterocycles. The van der Waals surface area contributed by atoms with Gasteiger partial charge in [-0.3, -0.25) is 4.68 Å². The Morgan fingerprint density at radius 2 is 2.15 bits per heavy atom. The van der Waals surface area contributed by atoms with Crippen LogP contribution in [0.2, 0.25) is 5.15 Å². The highest BCUT2D eigenvalue weighted by Gasteiger charge is 2.15. The Kier molecular flexibility index (Phi) is 2.98. The summed E-state index contributed by atoms with van der Waals surface area (Å²) < 4.78 is 1.80. The number of hydrogen-bond acceptors (Lipinski definition) is 2. The molecule has 0 saturated heterocycles. The minimum atomic E-state index is 0.182. The van der Waals surface area contributed by atoms with Crippen molar-refractivity contribution in [3.8, 4) is 0 Å². The Balaban J connectivity index is 2.84. The van der Waals surface area contributed by atoms with E-state index >= 15 is 0 Å². The molecular formula is C9H16ClN3. The van der Waals surface area contributed by atoms with Gasteiger partial charge in [-0.05, 0) is 5.41 Å². The fourth-order valence-electron chi connectivity index (χ4n) is 1.11. The van der Waals surface area contributed by atoms with E-state index in [2.05, 4.69) is 25.9 Å². The number of halogens is 1. The van der Waals surface area contributed by atoms with Crippen molar-refractivity contribution in [3.05, 3.63) is 16.9 Å². The van der Waals surface area contributed by atoms with Crippen molar-refractivity contribution in [1.82, 2.24) is 9.78 Å². The van der Waals surface area contributed by atoms with Gasteiger partial charge in [0, 0.05) is 18.7 Å². The van der Waals surface area contributed by atoms with Crippen LogP contribution in [0.1, 0.15) is 26.3 Å². The zero-order valence-corrected chi connectivity index (χ0v) is 9.10. The predicted octanol–water partition coefficient (Wildman–Crippen LogP) is 2.04. The van der Waals surface area contributed by atoms with Gasteiger partial charge in [0.05, 0.1) is 6.20 Å². The average molecular weight is 202 g/mol. The second-order valence-electron chi connectivity index (χ2n) is 4.38. The summed E-state index contributed by atoms with van der Waals surface area (Å²) in [5.41, 5.74) is 6.58. The molecule has 0 bridgehead atoms. The maximum atomic E-state index is 6.05. The molecule has 1 heterocycles. The molecule has 0 amide bonds. The van der Waals surface area contributed by atoms with Gasteiger partial charge >= 0.3 is 0 Å². The minimum absolute atomic E-state index is 0.182. The monoisotopic (exact) mass is 201 g/mol. The molecule has 0 unspecified atom stereocenters. The van der Waals surface area contributed by atoms with E-state index < -0.39 is 0 Å². The van der Waals surface area contributed by atoms with Gasteiger partial charge in [0.1, 0.15) is 5.15 Å². The van der Waals surface area contributed by atoms with Gasteiger partial charge in [-0.15, -0.1) is 0 Å². The van der Waals surface area contributed by atoms with E-state index in [1.807, 2.05) is 0 Å². The van der Waals surface area contributed by atoms with Crippen molar-refractivity contribution >= 4 is 11.6 Å². The molecule has 0 aromatic carbocycles. The van der Waals surface area contributed by atoms with Crippen molar-refractivity contribution in [1.29, 1.82) is 0 Å². The molecule has 0 aliphatic carbocycles. The number of nitrogens with two attached hydrogens (primary N) is 1. The lowest BCUT2D eigenvalue weighted by molar-refractivity contribution is 0.325. The van der Waals surface area contributed by atoms with E-state index in [-0.39, 0.29) is 5.41 Å². The van der Waals surface area contributed by atoms with Gasteiger partial charge in [-0.2, -0.15) is 5.10 Å². The van der Waals surface area contributed by atoms with E-state index in [1.165, 1.54) is 0 Å².